The Morgan fingerprint density at radius 1 is 1.03 bits per heavy atom. The van der Waals surface area contributed by atoms with Gasteiger partial charge in [0.05, 0.1) is 13.2 Å². The molecule has 0 radical (unpaired) electrons. The molecule has 1 heterocycles. The molecule has 0 spiro atoms. The van der Waals surface area contributed by atoms with Crippen LogP contribution in [0.2, 0.25) is 0 Å². The lowest BCUT2D eigenvalue weighted by atomic mass is 9.89. The number of rotatable bonds is 15. The molecule has 1 aliphatic heterocycles. The van der Waals surface area contributed by atoms with Crippen molar-refractivity contribution in [2.24, 2.45) is 11.8 Å². The first-order valence-corrected chi connectivity index (χ1v) is 13.3. The third-order valence-corrected chi connectivity index (χ3v) is 6.73. The monoisotopic (exact) mass is 492 g/mol. The van der Waals surface area contributed by atoms with Gasteiger partial charge in [0.15, 0.2) is 12.1 Å². The fourth-order valence-corrected chi connectivity index (χ4v) is 4.86. The third-order valence-electron chi connectivity index (χ3n) is 6.73. The van der Waals surface area contributed by atoms with E-state index in [2.05, 4.69) is 23.8 Å². The average molecular weight is 493 g/mol. The lowest BCUT2D eigenvalue weighted by molar-refractivity contribution is -0.193. The van der Waals surface area contributed by atoms with Gasteiger partial charge in [-0.15, -0.1) is 0 Å². The van der Waals surface area contributed by atoms with Crippen molar-refractivity contribution in [3.8, 4) is 0 Å². The molecule has 5 atom stereocenters. The van der Waals surface area contributed by atoms with Gasteiger partial charge in [-0.05, 0) is 51.0 Å². The smallest absolute Gasteiger partial charge is 0.305 e. The van der Waals surface area contributed by atoms with Crippen molar-refractivity contribution < 1.29 is 33.3 Å². The number of unbranched alkanes of at least 4 members (excludes halogenated alkanes) is 3. The normalized spacial score (nSPS) is 26.9. The second kappa shape index (κ2) is 16.6. The molecule has 7 nitrogen and oxygen atoms in total. The Kier molecular flexibility index (Phi) is 13.9. The highest BCUT2D eigenvalue weighted by atomic mass is 16.7. The Bertz CT molecular complexity index is 708. The van der Waals surface area contributed by atoms with Crippen LogP contribution in [0.15, 0.2) is 24.3 Å². The molecule has 1 aliphatic carbocycles. The fourth-order valence-electron chi connectivity index (χ4n) is 4.86. The van der Waals surface area contributed by atoms with Gasteiger partial charge in [0.25, 0.3) is 0 Å². The van der Waals surface area contributed by atoms with E-state index in [1.807, 2.05) is 6.08 Å². The molecule has 0 amide bonds. The Balaban J connectivity index is 2.10. The number of carbonyl (C=O) groups excluding carboxylic acids is 3. The average Bonchev–Trinajstić information content (AvgIpc) is 3.15. The molecule has 1 unspecified atom stereocenters. The number of ether oxygens (including phenoxy) is 4. The molecule has 2 fully saturated rings. The fraction of sp³-hybridized carbons (Fsp3) is 0.750. The van der Waals surface area contributed by atoms with Gasteiger partial charge < -0.3 is 18.9 Å². The first-order valence-electron chi connectivity index (χ1n) is 13.3. The molecule has 2 aliphatic rings. The predicted molar refractivity (Wildman–Crippen MR) is 134 cm³/mol. The molecule has 2 rings (SSSR count). The van der Waals surface area contributed by atoms with Gasteiger partial charge in [-0.1, -0.05) is 38.0 Å². The minimum atomic E-state index is -0.310. The summed E-state index contributed by atoms with van der Waals surface area (Å²) in [6.07, 6.45) is 16.8. The highest BCUT2D eigenvalue weighted by Gasteiger charge is 2.45. The van der Waals surface area contributed by atoms with Crippen LogP contribution in [0.5, 0.6) is 0 Å². The molecule has 35 heavy (non-hydrogen) atoms. The maximum atomic E-state index is 12.5. The second-order valence-corrected chi connectivity index (χ2v) is 9.55. The summed E-state index contributed by atoms with van der Waals surface area (Å²) in [5.74, 6) is -0.444. The largest absolute Gasteiger partial charge is 0.469 e. The molecule has 0 bridgehead atoms. The van der Waals surface area contributed by atoms with Crippen LogP contribution in [-0.4, -0.2) is 49.9 Å². The summed E-state index contributed by atoms with van der Waals surface area (Å²) < 4.78 is 22.6. The highest BCUT2D eigenvalue weighted by Crippen LogP contribution is 2.41. The lowest BCUT2D eigenvalue weighted by Gasteiger charge is -2.29. The molecule has 0 aromatic carbocycles. The van der Waals surface area contributed by atoms with E-state index in [1.54, 1.807) is 6.08 Å². The Morgan fingerprint density at radius 3 is 2.54 bits per heavy atom. The number of hydrogen-bond donors (Lipinski definition) is 0. The van der Waals surface area contributed by atoms with E-state index >= 15 is 0 Å². The zero-order valence-corrected chi connectivity index (χ0v) is 21.7. The molecule has 1 saturated carbocycles. The molecule has 7 heteroatoms. The van der Waals surface area contributed by atoms with Gasteiger partial charge in [0.1, 0.15) is 6.10 Å². The minimum Gasteiger partial charge on any atom is -0.469 e. The van der Waals surface area contributed by atoms with Gasteiger partial charge in [0, 0.05) is 44.6 Å². The van der Waals surface area contributed by atoms with Crippen molar-refractivity contribution in [3.05, 3.63) is 24.3 Å². The maximum Gasteiger partial charge on any atom is 0.305 e. The zero-order chi connectivity index (χ0) is 25.5. The molecular formula is C28H44O7. The summed E-state index contributed by atoms with van der Waals surface area (Å²) in [6, 6.07) is 0. The van der Waals surface area contributed by atoms with Crippen molar-refractivity contribution in [1.82, 2.24) is 0 Å². The number of esters is 2. The van der Waals surface area contributed by atoms with Gasteiger partial charge in [-0.3, -0.25) is 14.4 Å². The summed E-state index contributed by atoms with van der Waals surface area (Å²) in [6.45, 7) is 4.25. The number of hydrogen-bond acceptors (Lipinski definition) is 7. The van der Waals surface area contributed by atoms with Gasteiger partial charge in [0.2, 0.25) is 0 Å². The van der Waals surface area contributed by atoms with Crippen LogP contribution in [0, 0.1) is 11.8 Å². The Morgan fingerprint density at radius 2 is 1.86 bits per heavy atom. The van der Waals surface area contributed by atoms with Crippen molar-refractivity contribution >= 4 is 17.7 Å². The van der Waals surface area contributed by atoms with E-state index in [1.165, 1.54) is 14.0 Å². The van der Waals surface area contributed by atoms with Gasteiger partial charge >= 0.3 is 11.9 Å². The van der Waals surface area contributed by atoms with E-state index in [0.717, 1.165) is 51.4 Å². The first kappa shape index (κ1) is 29.2. The molecule has 198 valence electrons. The quantitative estimate of drug-likeness (QED) is 0.130. The number of allylic oxidation sites excluding steroid dienone is 3. The minimum absolute atomic E-state index is 0.00374. The number of carbonyl (C=O) groups is 3. The van der Waals surface area contributed by atoms with Crippen molar-refractivity contribution in [1.29, 1.82) is 0 Å². The molecule has 1 saturated heterocycles. The van der Waals surface area contributed by atoms with Crippen molar-refractivity contribution in [3.63, 3.8) is 0 Å². The van der Waals surface area contributed by atoms with E-state index in [-0.39, 0.29) is 48.1 Å². The van der Waals surface area contributed by atoms with Crippen LogP contribution in [-0.2, 0) is 33.3 Å². The van der Waals surface area contributed by atoms with Crippen molar-refractivity contribution in [2.75, 3.05) is 13.7 Å². The van der Waals surface area contributed by atoms with Crippen LogP contribution >= 0.6 is 0 Å². The second-order valence-electron chi connectivity index (χ2n) is 9.55. The van der Waals surface area contributed by atoms with Crippen LogP contribution < -0.4 is 0 Å². The third kappa shape index (κ3) is 11.1. The van der Waals surface area contributed by atoms with E-state index in [9.17, 15) is 14.4 Å². The SMILES string of the molecule is CCCCCC(=O)/C=C/[C@@H]1[C@@H](C/C=C\CCCC(=O)OC)[C@@H](OC(C)=O)C[C@H]1OC1CCCCO1. The topological polar surface area (TPSA) is 88.1 Å². The zero-order valence-electron chi connectivity index (χ0n) is 21.7. The Labute approximate surface area is 210 Å². The van der Waals surface area contributed by atoms with Crippen LogP contribution in [0.3, 0.4) is 0 Å². The lowest BCUT2D eigenvalue weighted by Crippen LogP contribution is -2.30. The number of methoxy groups -OCH3 is 1. The Hall–Kier alpha value is -1.99. The summed E-state index contributed by atoms with van der Waals surface area (Å²) >= 11 is 0. The van der Waals surface area contributed by atoms with E-state index < -0.39 is 0 Å². The van der Waals surface area contributed by atoms with Gasteiger partial charge in [-0.25, -0.2) is 0 Å². The van der Waals surface area contributed by atoms with Crippen LogP contribution in [0.25, 0.3) is 0 Å². The van der Waals surface area contributed by atoms with Crippen LogP contribution in [0.1, 0.15) is 90.9 Å². The predicted octanol–water partition coefficient (Wildman–Crippen LogP) is 5.46. The van der Waals surface area contributed by atoms with E-state index in [4.69, 9.17) is 14.2 Å². The molecule has 0 aromatic rings. The first-order chi connectivity index (χ1) is 16.9. The maximum absolute atomic E-state index is 12.5. The summed E-state index contributed by atoms with van der Waals surface area (Å²) in [5.41, 5.74) is 0. The molecule has 0 N–H and O–H groups in total. The summed E-state index contributed by atoms with van der Waals surface area (Å²) in [7, 11) is 1.40. The highest BCUT2D eigenvalue weighted by molar-refractivity contribution is 5.89. The molecule has 0 aromatic heterocycles. The van der Waals surface area contributed by atoms with Crippen molar-refractivity contribution in [2.45, 2.75) is 109 Å². The van der Waals surface area contributed by atoms with Crippen LogP contribution in [0.4, 0.5) is 0 Å². The number of ketones is 1. The standard InChI is InChI=1S/C28H44O7/c1-4-5-8-13-22(30)17-18-24-23(14-9-6-7-10-15-27(31)32-3)25(34-21(2)29)20-26(24)35-28-16-11-12-19-33-28/h6,9,17-18,23-26,28H,4-5,7-8,10-16,19-20H2,1-3H3/b9-6-,18-17+/t23-,24-,25+,26-,28?/m1/s1. The molecular weight excluding hydrogens is 448 g/mol. The summed E-state index contributed by atoms with van der Waals surface area (Å²) in [4.78, 5) is 35.6. The van der Waals surface area contributed by atoms with E-state index in [0.29, 0.717) is 32.3 Å². The van der Waals surface area contributed by atoms with Gasteiger partial charge in [-0.2, -0.15) is 0 Å². The summed E-state index contributed by atoms with van der Waals surface area (Å²) in [5, 5.41) is 0.